The zero-order valence-corrected chi connectivity index (χ0v) is 16.0. The summed E-state index contributed by atoms with van der Waals surface area (Å²) in [6.45, 7) is 6.40. The van der Waals surface area contributed by atoms with E-state index in [4.69, 9.17) is 0 Å². The smallest absolute Gasteiger partial charge is 0.317 e. The minimum atomic E-state index is -0.105. The number of carbonyl (C=O) groups is 2. The summed E-state index contributed by atoms with van der Waals surface area (Å²) in [6.07, 6.45) is 2.78. The summed E-state index contributed by atoms with van der Waals surface area (Å²) in [7, 11) is 2.03. The molecule has 6 heteroatoms. The van der Waals surface area contributed by atoms with Gasteiger partial charge < -0.3 is 15.5 Å². The van der Waals surface area contributed by atoms with E-state index in [-0.39, 0.29) is 29.4 Å². The summed E-state index contributed by atoms with van der Waals surface area (Å²) in [5.41, 5.74) is 0.981. The van der Waals surface area contributed by atoms with E-state index in [2.05, 4.69) is 15.5 Å². The molecule has 1 atom stereocenters. The Hall–Kier alpha value is -2.08. The molecular formula is C20H30N4O2. The molecule has 2 aliphatic rings. The van der Waals surface area contributed by atoms with E-state index in [0.29, 0.717) is 0 Å². The molecule has 2 fully saturated rings. The fourth-order valence-corrected chi connectivity index (χ4v) is 4.19. The maximum Gasteiger partial charge on any atom is 0.317 e. The molecule has 0 bridgehead atoms. The van der Waals surface area contributed by atoms with Crippen molar-refractivity contribution in [1.82, 2.24) is 15.1 Å². The standard InChI is InChI=1S/C20H30N4O2/c1-15(2)21-19(26)24-11-9-20(10-12-24)13-17(23(3)14-20)18(25)22-16-7-5-4-6-8-16/h4-8,15,17H,9-14H2,1-3H3,(H,21,26)(H,22,25). The van der Waals surface area contributed by atoms with Gasteiger partial charge in [-0.25, -0.2) is 4.79 Å². The molecule has 3 rings (SSSR count). The van der Waals surface area contributed by atoms with Crippen LogP contribution in [-0.2, 0) is 4.79 Å². The van der Waals surface area contributed by atoms with Crippen molar-refractivity contribution >= 4 is 17.6 Å². The Labute approximate surface area is 155 Å². The van der Waals surface area contributed by atoms with Crippen LogP contribution >= 0.6 is 0 Å². The van der Waals surface area contributed by atoms with Gasteiger partial charge in [-0.3, -0.25) is 9.69 Å². The van der Waals surface area contributed by atoms with Gasteiger partial charge in [-0.2, -0.15) is 0 Å². The van der Waals surface area contributed by atoms with Crippen LogP contribution in [0.3, 0.4) is 0 Å². The summed E-state index contributed by atoms with van der Waals surface area (Å²) in [5.74, 6) is 0.0653. The van der Waals surface area contributed by atoms with Gasteiger partial charge in [0.15, 0.2) is 0 Å². The number of rotatable bonds is 3. The molecule has 1 aromatic rings. The van der Waals surface area contributed by atoms with Crippen molar-refractivity contribution < 1.29 is 9.59 Å². The second-order valence-electron chi connectivity index (χ2n) is 8.08. The molecule has 26 heavy (non-hydrogen) atoms. The minimum Gasteiger partial charge on any atom is -0.336 e. The minimum absolute atomic E-state index is 0.0274. The second-order valence-corrected chi connectivity index (χ2v) is 8.08. The zero-order chi connectivity index (χ0) is 18.7. The van der Waals surface area contributed by atoms with Crippen LogP contribution in [0.4, 0.5) is 10.5 Å². The third-order valence-corrected chi connectivity index (χ3v) is 5.61. The lowest BCUT2D eigenvalue weighted by atomic mass is 9.76. The van der Waals surface area contributed by atoms with E-state index >= 15 is 0 Å². The average Bonchev–Trinajstić information content (AvgIpc) is 2.92. The fourth-order valence-electron chi connectivity index (χ4n) is 4.19. The Morgan fingerprint density at radius 1 is 1.15 bits per heavy atom. The predicted molar refractivity (Wildman–Crippen MR) is 103 cm³/mol. The Bertz CT molecular complexity index is 638. The van der Waals surface area contributed by atoms with Crippen molar-refractivity contribution in [2.24, 2.45) is 5.41 Å². The molecule has 2 heterocycles. The van der Waals surface area contributed by atoms with Gasteiger partial charge in [0.1, 0.15) is 0 Å². The highest BCUT2D eigenvalue weighted by molar-refractivity contribution is 5.95. The van der Waals surface area contributed by atoms with E-state index in [0.717, 1.165) is 44.6 Å². The van der Waals surface area contributed by atoms with Gasteiger partial charge >= 0.3 is 6.03 Å². The number of amides is 3. The van der Waals surface area contributed by atoms with Gasteiger partial charge in [0.25, 0.3) is 0 Å². The number of likely N-dealkylation sites (tertiary alicyclic amines) is 2. The largest absolute Gasteiger partial charge is 0.336 e. The topological polar surface area (TPSA) is 64.7 Å². The highest BCUT2D eigenvalue weighted by Gasteiger charge is 2.47. The first-order valence-corrected chi connectivity index (χ1v) is 9.50. The van der Waals surface area contributed by atoms with Crippen LogP contribution in [0.2, 0.25) is 0 Å². The van der Waals surface area contributed by atoms with E-state index in [1.807, 2.05) is 56.1 Å². The van der Waals surface area contributed by atoms with Gasteiger partial charge in [0, 0.05) is 31.4 Å². The van der Waals surface area contributed by atoms with Crippen LogP contribution in [0.15, 0.2) is 30.3 Å². The Balaban J connectivity index is 1.57. The highest BCUT2D eigenvalue weighted by Crippen LogP contribution is 2.43. The number of hydrogen-bond acceptors (Lipinski definition) is 3. The Kier molecular flexibility index (Phi) is 5.51. The van der Waals surface area contributed by atoms with Crippen LogP contribution in [0.1, 0.15) is 33.1 Å². The number of nitrogens with zero attached hydrogens (tertiary/aromatic N) is 2. The maximum atomic E-state index is 12.7. The molecule has 2 saturated heterocycles. The summed E-state index contributed by atoms with van der Waals surface area (Å²) < 4.78 is 0. The van der Waals surface area contributed by atoms with Crippen molar-refractivity contribution in [3.8, 4) is 0 Å². The van der Waals surface area contributed by atoms with Gasteiger partial charge in [0.05, 0.1) is 6.04 Å². The zero-order valence-electron chi connectivity index (χ0n) is 16.0. The third kappa shape index (κ3) is 4.18. The highest BCUT2D eigenvalue weighted by atomic mass is 16.2. The summed E-state index contributed by atoms with van der Waals surface area (Å²) >= 11 is 0. The van der Waals surface area contributed by atoms with Gasteiger partial charge in [-0.1, -0.05) is 18.2 Å². The van der Waals surface area contributed by atoms with Crippen molar-refractivity contribution in [2.75, 3.05) is 32.0 Å². The number of nitrogens with one attached hydrogen (secondary N) is 2. The molecule has 0 radical (unpaired) electrons. The van der Waals surface area contributed by atoms with Gasteiger partial charge in [-0.15, -0.1) is 0 Å². The lowest BCUT2D eigenvalue weighted by Gasteiger charge is -2.39. The number of para-hydroxylation sites is 1. The predicted octanol–water partition coefficient (Wildman–Crippen LogP) is 2.53. The molecule has 0 saturated carbocycles. The van der Waals surface area contributed by atoms with Crippen LogP contribution in [0, 0.1) is 5.41 Å². The van der Waals surface area contributed by atoms with Gasteiger partial charge in [-0.05, 0) is 57.7 Å². The number of urea groups is 1. The first kappa shape index (κ1) is 18.7. The van der Waals surface area contributed by atoms with Crippen LogP contribution in [0.5, 0.6) is 0 Å². The van der Waals surface area contributed by atoms with Crippen molar-refractivity contribution in [1.29, 1.82) is 0 Å². The summed E-state index contributed by atoms with van der Waals surface area (Å²) in [4.78, 5) is 29.0. The Morgan fingerprint density at radius 3 is 2.42 bits per heavy atom. The molecule has 3 amide bonds. The first-order valence-electron chi connectivity index (χ1n) is 9.50. The average molecular weight is 358 g/mol. The van der Waals surface area contributed by atoms with E-state index in [9.17, 15) is 9.59 Å². The SMILES string of the molecule is CC(C)NC(=O)N1CCC2(CC1)CC(C(=O)Nc1ccccc1)N(C)C2. The van der Waals surface area contributed by atoms with E-state index < -0.39 is 0 Å². The Morgan fingerprint density at radius 2 is 1.81 bits per heavy atom. The van der Waals surface area contributed by atoms with Crippen molar-refractivity contribution in [3.05, 3.63) is 30.3 Å². The maximum absolute atomic E-state index is 12.7. The monoisotopic (exact) mass is 358 g/mol. The van der Waals surface area contributed by atoms with Crippen LogP contribution < -0.4 is 10.6 Å². The third-order valence-electron chi connectivity index (χ3n) is 5.61. The van der Waals surface area contributed by atoms with Crippen LogP contribution in [0.25, 0.3) is 0 Å². The molecule has 142 valence electrons. The molecule has 6 nitrogen and oxygen atoms in total. The number of benzene rings is 1. The summed E-state index contributed by atoms with van der Waals surface area (Å²) in [5, 5.41) is 6.00. The molecular weight excluding hydrogens is 328 g/mol. The fraction of sp³-hybridized carbons (Fsp3) is 0.600. The molecule has 1 unspecified atom stereocenters. The molecule has 1 spiro atoms. The molecule has 1 aromatic carbocycles. The lowest BCUT2D eigenvalue weighted by Crippen LogP contribution is -2.49. The molecule has 0 aliphatic carbocycles. The molecule has 0 aromatic heterocycles. The number of anilines is 1. The first-order chi connectivity index (χ1) is 12.4. The van der Waals surface area contributed by atoms with Crippen molar-refractivity contribution in [3.63, 3.8) is 0 Å². The number of carbonyl (C=O) groups excluding carboxylic acids is 2. The van der Waals surface area contributed by atoms with E-state index in [1.165, 1.54) is 0 Å². The van der Waals surface area contributed by atoms with E-state index in [1.54, 1.807) is 0 Å². The quantitative estimate of drug-likeness (QED) is 0.873. The lowest BCUT2D eigenvalue weighted by molar-refractivity contribution is -0.120. The van der Waals surface area contributed by atoms with Crippen molar-refractivity contribution in [2.45, 2.75) is 45.2 Å². The summed E-state index contributed by atoms with van der Waals surface area (Å²) in [6, 6.07) is 9.69. The molecule has 2 aliphatic heterocycles. The molecule has 2 N–H and O–H groups in total. The number of hydrogen-bond donors (Lipinski definition) is 2. The number of likely N-dealkylation sites (N-methyl/N-ethyl adjacent to an activating group) is 1. The number of piperidine rings is 1. The normalized spacial score (nSPS) is 22.6. The second kappa shape index (κ2) is 7.66. The van der Waals surface area contributed by atoms with Crippen LogP contribution in [-0.4, -0.2) is 60.5 Å². The van der Waals surface area contributed by atoms with Gasteiger partial charge in [0.2, 0.25) is 5.91 Å².